The number of carbonyl (C=O) groups is 3. The van der Waals surface area contributed by atoms with E-state index in [9.17, 15) is 19.5 Å². The Kier molecular flexibility index (Phi) is 8.49. The van der Waals surface area contributed by atoms with Crippen molar-refractivity contribution in [3.05, 3.63) is 24.3 Å². The average Bonchev–Trinajstić information content (AvgIpc) is 3.17. The second kappa shape index (κ2) is 11.1. The van der Waals surface area contributed by atoms with Crippen LogP contribution < -0.4 is 0 Å². The summed E-state index contributed by atoms with van der Waals surface area (Å²) in [5.41, 5.74) is 0. The maximum Gasteiger partial charge on any atom is 0.311 e. The molecule has 4 aliphatic rings. The molecule has 37 heavy (non-hydrogen) atoms. The van der Waals surface area contributed by atoms with Crippen LogP contribution in [0.15, 0.2) is 24.3 Å². The summed E-state index contributed by atoms with van der Waals surface area (Å²) in [6, 6.07) is -1.24. The topological polar surface area (TPSA) is 87.2 Å². The molecule has 7 nitrogen and oxygen atoms in total. The van der Waals surface area contributed by atoms with Crippen molar-refractivity contribution >= 4 is 29.5 Å². The molecule has 4 aliphatic heterocycles. The van der Waals surface area contributed by atoms with E-state index in [1.807, 2.05) is 24.0 Å². The Morgan fingerprint density at radius 2 is 1.86 bits per heavy atom. The average molecular weight is 533 g/mol. The van der Waals surface area contributed by atoms with E-state index in [0.717, 1.165) is 32.1 Å². The third kappa shape index (κ3) is 4.88. The monoisotopic (exact) mass is 532 g/mol. The normalized spacial score (nSPS) is 36.5. The van der Waals surface area contributed by atoms with Crippen LogP contribution in [0.25, 0.3) is 0 Å². The minimum atomic E-state index is -0.907. The summed E-state index contributed by atoms with van der Waals surface area (Å²) < 4.78 is 4.15. The number of ether oxygens (including phenoxy) is 1. The molecule has 2 amide bonds. The Hall–Kier alpha value is -1.80. The van der Waals surface area contributed by atoms with Crippen LogP contribution in [0, 0.1) is 17.8 Å². The Morgan fingerprint density at radius 1 is 1.11 bits per heavy atom. The van der Waals surface area contributed by atoms with E-state index in [-0.39, 0.29) is 36.4 Å². The Balaban J connectivity index is 1.88. The molecule has 0 aromatic rings. The van der Waals surface area contributed by atoms with Crippen molar-refractivity contribution in [2.24, 2.45) is 17.8 Å². The van der Waals surface area contributed by atoms with Crippen LogP contribution in [-0.4, -0.2) is 80.1 Å². The van der Waals surface area contributed by atoms with Gasteiger partial charge in [-0.05, 0) is 51.9 Å². The Labute approximate surface area is 226 Å². The first-order valence-corrected chi connectivity index (χ1v) is 14.9. The van der Waals surface area contributed by atoms with Gasteiger partial charge in [0.1, 0.15) is 6.04 Å². The van der Waals surface area contributed by atoms with Gasteiger partial charge in [0.15, 0.2) is 0 Å². The van der Waals surface area contributed by atoms with Gasteiger partial charge < -0.3 is 19.6 Å². The number of nitrogens with zero attached hydrogens (tertiary/aromatic N) is 2. The first kappa shape index (κ1) is 28.2. The van der Waals surface area contributed by atoms with Crippen molar-refractivity contribution < 1.29 is 24.2 Å². The maximum absolute atomic E-state index is 14.4. The molecule has 0 radical (unpaired) electrons. The molecule has 0 saturated carbocycles. The summed E-state index contributed by atoms with van der Waals surface area (Å²) in [6.07, 6.45) is 13.3. The molecular formula is C29H44N2O5S. The number of rotatable bonds is 7. The lowest BCUT2D eigenvalue weighted by atomic mass is 9.74. The van der Waals surface area contributed by atoms with Gasteiger partial charge in [0, 0.05) is 17.3 Å². The number of fused-ring (bicyclic) bond motifs is 2. The van der Waals surface area contributed by atoms with E-state index in [2.05, 4.69) is 39.8 Å². The van der Waals surface area contributed by atoms with Gasteiger partial charge in [0.05, 0.1) is 35.8 Å². The third-order valence-electron chi connectivity index (χ3n) is 8.56. The van der Waals surface area contributed by atoms with Crippen molar-refractivity contribution in [3.8, 4) is 0 Å². The van der Waals surface area contributed by atoms with Gasteiger partial charge in [0.2, 0.25) is 11.8 Å². The van der Waals surface area contributed by atoms with Crippen molar-refractivity contribution in [3.63, 3.8) is 0 Å². The fraction of sp³-hybridized carbons (Fsp3) is 0.759. The summed E-state index contributed by atoms with van der Waals surface area (Å²) in [5.74, 6) is -1.86. The zero-order valence-corrected chi connectivity index (χ0v) is 23.8. The molecule has 1 N–H and O–H groups in total. The predicted molar refractivity (Wildman–Crippen MR) is 146 cm³/mol. The smallest absolute Gasteiger partial charge is 0.311 e. The number of aliphatic hydroxyl groups excluding tert-OH is 1. The number of thioether (sulfide) groups is 1. The van der Waals surface area contributed by atoms with E-state index in [0.29, 0.717) is 19.6 Å². The second-order valence-electron chi connectivity index (χ2n) is 11.8. The minimum Gasteiger partial charge on any atom is -0.465 e. The lowest BCUT2D eigenvalue weighted by molar-refractivity contribution is -0.155. The zero-order valence-electron chi connectivity index (χ0n) is 23.0. The molecule has 2 saturated heterocycles. The fourth-order valence-electron chi connectivity index (χ4n) is 6.94. The molecular weight excluding hydrogens is 488 g/mol. The molecule has 0 aromatic heterocycles. The zero-order chi connectivity index (χ0) is 27.0. The summed E-state index contributed by atoms with van der Waals surface area (Å²) in [5, 5.41) is 10.5. The van der Waals surface area contributed by atoms with Gasteiger partial charge in [0.25, 0.3) is 0 Å². The second-order valence-corrected chi connectivity index (χ2v) is 13.6. The number of cyclic esters (lactones) is 1. The Morgan fingerprint density at radius 3 is 2.54 bits per heavy atom. The molecule has 0 bridgehead atoms. The van der Waals surface area contributed by atoms with Gasteiger partial charge in [-0.2, -0.15) is 0 Å². The van der Waals surface area contributed by atoms with Crippen LogP contribution in [0.5, 0.6) is 0 Å². The molecule has 206 valence electrons. The van der Waals surface area contributed by atoms with Crippen molar-refractivity contribution in [1.29, 1.82) is 0 Å². The number of hydrogen-bond acceptors (Lipinski definition) is 6. The summed E-state index contributed by atoms with van der Waals surface area (Å²) in [4.78, 5) is 46.1. The fourth-order valence-corrected chi connectivity index (χ4v) is 9.08. The van der Waals surface area contributed by atoms with E-state index in [1.54, 1.807) is 16.7 Å². The van der Waals surface area contributed by atoms with Crippen LogP contribution in [-0.2, 0) is 19.1 Å². The highest BCUT2D eigenvalue weighted by Gasteiger charge is 2.74. The molecule has 2 unspecified atom stereocenters. The largest absolute Gasteiger partial charge is 0.465 e. The predicted octanol–water partition coefficient (Wildman–Crippen LogP) is 3.95. The van der Waals surface area contributed by atoms with Gasteiger partial charge >= 0.3 is 5.97 Å². The lowest BCUT2D eigenvalue weighted by Gasteiger charge is -2.41. The molecule has 2 fully saturated rings. The van der Waals surface area contributed by atoms with E-state index in [4.69, 9.17) is 4.74 Å². The summed E-state index contributed by atoms with van der Waals surface area (Å²) in [6.45, 7) is 10.9. The standard InChI is InChI=1S/C29H44N2O5S/c1-6-12-20(4)30-15-11-14-29-22(23-27(35)36-16-10-8-7-9-13-28(23,5)37-29)25(33)31(24(29)26(30)34)21(18-32)17-19(2)3/h9,11,13-14,19-24,32H,6-8,10,12,15-18H2,1-5H3/b13-9-/t20?,21-,22+,23-,24?,28+,29+/m1/s1. The molecule has 0 aromatic carbocycles. The first-order chi connectivity index (χ1) is 17.6. The number of hydrogen-bond donors (Lipinski definition) is 1. The van der Waals surface area contributed by atoms with Gasteiger partial charge in [-0.15, -0.1) is 11.8 Å². The molecule has 4 heterocycles. The van der Waals surface area contributed by atoms with Crippen LogP contribution in [0.3, 0.4) is 0 Å². The lowest BCUT2D eigenvalue weighted by Crippen LogP contribution is -2.58. The van der Waals surface area contributed by atoms with Crippen LogP contribution in [0.4, 0.5) is 0 Å². The Bertz CT molecular complexity index is 951. The summed E-state index contributed by atoms with van der Waals surface area (Å²) >= 11 is 1.57. The number of allylic oxidation sites excluding steroid dienone is 1. The number of likely N-dealkylation sites (tertiary alicyclic amines) is 1. The van der Waals surface area contributed by atoms with Crippen LogP contribution in [0.2, 0.25) is 0 Å². The number of esters is 1. The van der Waals surface area contributed by atoms with Crippen LogP contribution >= 0.6 is 11.8 Å². The van der Waals surface area contributed by atoms with Crippen molar-refractivity contribution in [2.75, 3.05) is 19.8 Å². The highest BCUT2D eigenvalue weighted by Crippen LogP contribution is 2.65. The van der Waals surface area contributed by atoms with E-state index < -0.39 is 33.4 Å². The summed E-state index contributed by atoms with van der Waals surface area (Å²) in [7, 11) is 0. The molecule has 1 spiro atoms. The quantitative estimate of drug-likeness (QED) is 0.395. The SMILES string of the molecule is CCCC(C)N1CC=C[C@]23S[C@@]4(C)/C=C\CCCCOC(=O)[C@H]4[C@H]2C(=O)N([C@@H](CO)CC(C)C)C3C1=O. The van der Waals surface area contributed by atoms with E-state index >= 15 is 0 Å². The first-order valence-electron chi connectivity index (χ1n) is 14.1. The highest BCUT2D eigenvalue weighted by molar-refractivity contribution is 8.02. The number of amides is 2. The third-order valence-corrected chi connectivity index (χ3v) is 10.4. The number of aliphatic hydroxyl groups is 1. The van der Waals surface area contributed by atoms with E-state index in [1.165, 1.54) is 0 Å². The van der Waals surface area contributed by atoms with Gasteiger partial charge in [-0.3, -0.25) is 14.4 Å². The van der Waals surface area contributed by atoms with Crippen molar-refractivity contribution in [1.82, 2.24) is 9.80 Å². The van der Waals surface area contributed by atoms with Crippen molar-refractivity contribution in [2.45, 2.75) is 101 Å². The maximum atomic E-state index is 14.4. The minimum absolute atomic E-state index is 0.0264. The van der Waals surface area contributed by atoms with Gasteiger partial charge in [-0.25, -0.2) is 0 Å². The number of carbonyl (C=O) groups excluding carboxylic acids is 3. The molecule has 0 aliphatic carbocycles. The molecule has 7 atom stereocenters. The molecule has 8 heteroatoms. The highest BCUT2D eigenvalue weighted by atomic mass is 32.2. The molecule has 4 rings (SSSR count). The van der Waals surface area contributed by atoms with Gasteiger partial charge in [-0.1, -0.05) is 51.5 Å². The van der Waals surface area contributed by atoms with Crippen LogP contribution in [0.1, 0.15) is 73.1 Å².